The zero-order chi connectivity index (χ0) is 22.9. The molecule has 1 aromatic carbocycles. The first-order valence-corrected chi connectivity index (χ1v) is 8.73. The number of halogens is 3. The van der Waals surface area contributed by atoms with Gasteiger partial charge in [0, 0.05) is 12.7 Å². The van der Waals surface area contributed by atoms with E-state index in [4.69, 9.17) is 4.74 Å². The second kappa shape index (κ2) is 10.8. The molecular formula is C20H23F3O7. The lowest BCUT2D eigenvalue weighted by molar-refractivity contribution is -0.278. The molecule has 3 atom stereocenters. The summed E-state index contributed by atoms with van der Waals surface area (Å²) in [6.45, 7) is 3.46. The van der Waals surface area contributed by atoms with Crippen molar-refractivity contribution in [1.82, 2.24) is 0 Å². The second-order valence-corrected chi connectivity index (χ2v) is 6.13. The third-order valence-electron chi connectivity index (χ3n) is 4.40. The maximum atomic E-state index is 14.0. The van der Waals surface area contributed by atoms with Crippen molar-refractivity contribution in [3.05, 3.63) is 48.6 Å². The Kier molecular flexibility index (Phi) is 9.03. The van der Waals surface area contributed by atoms with Gasteiger partial charge < -0.3 is 18.9 Å². The maximum Gasteiger partial charge on any atom is 0.432 e. The molecule has 30 heavy (non-hydrogen) atoms. The molecule has 0 N–H and O–H groups in total. The topological polar surface area (TPSA) is 88.1 Å². The van der Waals surface area contributed by atoms with Gasteiger partial charge in [-0.15, -0.1) is 6.58 Å². The molecule has 0 saturated carbocycles. The average molecular weight is 432 g/mol. The predicted octanol–water partition coefficient (Wildman–Crippen LogP) is 2.93. The van der Waals surface area contributed by atoms with Crippen LogP contribution in [0.25, 0.3) is 0 Å². The van der Waals surface area contributed by atoms with Crippen molar-refractivity contribution in [3.63, 3.8) is 0 Å². The Morgan fingerprint density at radius 2 is 1.67 bits per heavy atom. The van der Waals surface area contributed by atoms with E-state index in [1.807, 2.05) is 0 Å². The molecule has 0 aromatic heterocycles. The van der Waals surface area contributed by atoms with Crippen molar-refractivity contribution in [2.75, 3.05) is 21.3 Å². The molecule has 0 aliphatic carbocycles. The van der Waals surface area contributed by atoms with Crippen LogP contribution in [0.3, 0.4) is 0 Å². The van der Waals surface area contributed by atoms with Gasteiger partial charge in [0.15, 0.2) is 0 Å². The van der Waals surface area contributed by atoms with Crippen LogP contribution >= 0.6 is 0 Å². The number of carbonyl (C=O) groups excluding carboxylic acids is 3. The molecule has 10 heteroatoms. The fourth-order valence-corrected chi connectivity index (χ4v) is 2.85. The molecule has 0 fully saturated rings. The van der Waals surface area contributed by atoms with E-state index in [2.05, 4.69) is 20.8 Å². The molecule has 0 aliphatic rings. The first-order chi connectivity index (χ1) is 14.1. The number of rotatable bonds is 10. The number of hydrogen-bond acceptors (Lipinski definition) is 7. The van der Waals surface area contributed by atoms with Gasteiger partial charge >= 0.3 is 24.1 Å². The number of benzene rings is 1. The van der Waals surface area contributed by atoms with Crippen LogP contribution in [-0.4, -0.2) is 51.5 Å². The zero-order valence-corrected chi connectivity index (χ0v) is 16.7. The Labute approximate surface area is 171 Å². The molecule has 0 aliphatic heterocycles. The van der Waals surface area contributed by atoms with Gasteiger partial charge in [-0.05, 0) is 6.42 Å². The van der Waals surface area contributed by atoms with E-state index in [1.54, 1.807) is 0 Å². The minimum Gasteiger partial charge on any atom is -0.469 e. The van der Waals surface area contributed by atoms with Crippen molar-refractivity contribution < 1.29 is 46.5 Å². The van der Waals surface area contributed by atoms with E-state index in [0.717, 1.165) is 26.4 Å². The predicted molar refractivity (Wildman–Crippen MR) is 98.0 cm³/mol. The van der Waals surface area contributed by atoms with E-state index in [1.165, 1.54) is 24.3 Å². The molecule has 1 rings (SSSR count). The number of methoxy groups -OCH3 is 3. The lowest BCUT2D eigenvalue weighted by Gasteiger charge is -2.34. The smallest absolute Gasteiger partial charge is 0.432 e. The zero-order valence-electron chi connectivity index (χ0n) is 16.7. The van der Waals surface area contributed by atoms with Crippen LogP contribution in [0.15, 0.2) is 43.0 Å². The molecule has 0 radical (unpaired) electrons. The van der Waals surface area contributed by atoms with Crippen LogP contribution in [0.4, 0.5) is 13.2 Å². The quantitative estimate of drug-likeness (QED) is 0.319. The standard InChI is InChI=1S/C20H23F3O7/c1-5-9-14(17(25)28-3)15(12-16(24)27-2)30-18(26)19(29-4,20(21,22)23)13-10-7-6-8-11-13/h5-8,10-11,14-15H,1,9,12H2,2-4H3/t14-,15-,19?/m1/s1. The minimum absolute atomic E-state index is 0.126. The lowest BCUT2D eigenvalue weighted by atomic mass is 9.91. The molecular weight excluding hydrogens is 409 g/mol. The highest BCUT2D eigenvalue weighted by Gasteiger charge is 2.64. The summed E-state index contributed by atoms with van der Waals surface area (Å²) in [5, 5.41) is 0. The molecule has 1 unspecified atom stereocenters. The van der Waals surface area contributed by atoms with E-state index in [9.17, 15) is 27.6 Å². The average Bonchev–Trinajstić information content (AvgIpc) is 2.71. The van der Waals surface area contributed by atoms with Gasteiger partial charge in [-0.1, -0.05) is 36.4 Å². The van der Waals surface area contributed by atoms with Gasteiger partial charge in [0.05, 0.1) is 26.6 Å². The summed E-state index contributed by atoms with van der Waals surface area (Å²) in [5.74, 6) is -4.92. The summed E-state index contributed by atoms with van der Waals surface area (Å²) in [4.78, 5) is 36.7. The molecule has 1 aromatic rings. The first kappa shape index (κ1) is 25.2. The van der Waals surface area contributed by atoms with Crippen LogP contribution in [-0.2, 0) is 38.9 Å². The van der Waals surface area contributed by atoms with Gasteiger partial charge in [-0.2, -0.15) is 13.2 Å². The van der Waals surface area contributed by atoms with Crippen molar-refractivity contribution in [2.24, 2.45) is 5.92 Å². The van der Waals surface area contributed by atoms with Gasteiger partial charge in [0.1, 0.15) is 6.10 Å². The summed E-state index contributed by atoms with van der Waals surface area (Å²) >= 11 is 0. The van der Waals surface area contributed by atoms with Crippen LogP contribution in [0.2, 0.25) is 0 Å². The molecule has 0 amide bonds. The van der Waals surface area contributed by atoms with E-state index in [-0.39, 0.29) is 6.42 Å². The molecule has 7 nitrogen and oxygen atoms in total. The monoisotopic (exact) mass is 432 g/mol. The Bertz CT molecular complexity index is 749. The van der Waals surface area contributed by atoms with Crippen molar-refractivity contribution >= 4 is 17.9 Å². The largest absolute Gasteiger partial charge is 0.469 e. The van der Waals surface area contributed by atoms with Gasteiger partial charge in [-0.3, -0.25) is 9.59 Å². The number of hydrogen-bond donors (Lipinski definition) is 0. The number of alkyl halides is 3. The van der Waals surface area contributed by atoms with Crippen molar-refractivity contribution in [1.29, 1.82) is 0 Å². The van der Waals surface area contributed by atoms with Gasteiger partial charge in [0.2, 0.25) is 0 Å². The number of carbonyl (C=O) groups is 3. The third-order valence-corrected chi connectivity index (χ3v) is 4.40. The Morgan fingerprint density at radius 1 is 1.07 bits per heavy atom. The van der Waals surface area contributed by atoms with Crippen LogP contribution in [0.1, 0.15) is 18.4 Å². The first-order valence-electron chi connectivity index (χ1n) is 8.73. The minimum atomic E-state index is -5.21. The van der Waals surface area contributed by atoms with Gasteiger partial charge in [-0.25, -0.2) is 4.79 Å². The number of ether oxygens (including phenoxy) is 4. The normalized spacial score (nSPS) is 15.3. The SMILES string of the molecule is C=CC[C@@H](C(=O)OC)[C@@H](CC(=O)OC)OC(=O)C(OC)(c1ccccc1)C(F)(F)F. The highest BCUT2D eigenvalue weighted by molar-refractivity contribution is 5.84. The van der Waals surface area contributed by atoms with Crippen molar-refractivity contribution in [3.8, 4) is 0 Å². The van der Waals surface area contributed by atoms with E-state index < -0.39 is 53.7 Å². The van der Waals surface area contributed by atoms with Crippen LogP contribution in [0.5, 0.6) is 0 Å². The summed E-state index contributed by atoms with van der Waals surface area (Å²) in [6, 6.07) is 6.15. The van der Waals surface area contributed by atoms with E-state index in [0.29, 0.717) is 7.11 Å². The summed E-state index contributed by atoms with van der Waals surface area (Å²) in [5.41, 5.74) is -4.00. The summed E-state index contributed by atoms with van der Waals surface area (Å²) < 4.78 is 61.0. The molecule has 166 valence electrons. The van der Waals surface area contributed by atoms with Gasteiger partial charge in [0.25, 0.3) is 5.60 Å². The van der Waals surface area contributed by atoms with Crippen LogP contribution < -0.4 is 0 Å². The van der Waals surface area contributed by atoms with E-state index >= 15 is 0 Å². The number of allylic oxidation sites excluding steroid dienone is 1. The Balaban J connectivity index is 3.46. The summed E-state index contributed by atoms with van der Waals surface area (Å²) in [6.07, 6.45) is -6.35. The second-order valence-electron chi connectivity index (χ2n) is 6.13. The lowest BCUT2D eigenvalue weighted by Crippen LogP contribution is -2.53. The third kappa shape index (κ3) is 5.38. The maximum absolute atomic E-state index is 14.0. The Morgan fingerprint density at radius 3 is 2.10 bits per heavy atom. The fraction of sp³-hybridized carbons (Fsp3) is 0.450. The Hall–Kier alpha value is -2.88. The highest BCUT2D eigenvalue weighted by Crippen LogP contribution is 2.43. The molecule has 0 heterocycles. The van der Waals surface area contributed by atoms with Crippen molar-refractivity contribution in [2.45, 2.75) is 30.7 Å². The van der Waals surface area contributed by atoms with Crippen LogP contribution in [0, 0.1) is 5.92 Å². The summed E-state index contributed by atoms with van der Waals surface area (Å²) in [7, 11) is 2.80. The highest BCUT2D eigenvalue weighted by atomic mass is 19.4. The number of esters is 3. The molecule has 0 bridgehead atoms. The fourth-order valence-electron chi connectivity index (χ4n) is 2.85. The molecule has 0 saturated heterocycles. The molecule has 0 spiro atoms.